The smallest absolute Gasteiger partial charge is 0.340 e. The van der Waals surface area contributed by atoms with E-state index < -0.39 is 35.2 Å². The van der Waals surface area contributed by atoms with E-state index in [-0.39, 0.29) is 11.4 Å². The van der Waals surface area contributed by atoms with Gasteiger partial charge in [0.05, 0.1) is 5.56 Å². The summed E-state index contributed by atoms with van der Waals surface area (Å²) < 4.78 is 5.91. The van der Waals surface area contributed by atoms with Crippen LogP contribution < -0.4 is 17.0 Å². The maximum Gasteiger partial charge on any atom is 0.340 e. The lowest BCUT2D eigenvalue weighted by Gasteiger charge is -2.08. The molecule has 128 valence electrons. The van der Waals surface area contributed by atoms with Gasteiger partial charge in [0.2, 0.25) is 5.78 Å². The lowest BCUT2D eigenvalue weighted by Crippen LogP contribution is -2.35. The number of carbonyl (C=O) groups is 2. The summed E-state index contributed by atoms with van der Waals surface area (Å²) in [5.74, 6) is -1.81. The Hall–Kier alpha value is -3.62. The maximum absolute atomic E-state index is 12.2. The number of carbonyl (C=O) groups excluding carboxylic acids is 2. The summed E-state index contributed by atoms with van der Waals surface area (Å²) >= 11 is 0. The molecule has 0 saturated carbocycles. The maximum atomic E-state index is 12.2. The van der Waals surface area contributed by atoms with Crippen molar-refractivity contribution in [1.29, 1.82) is 0 Å². The Kier molecular flexibility index (Phi) is 3.97. The number of hydrogen-bond donors (Lipinski definition) is 3. The van der Waals surface area contributed by atoms with Gasteiger partial charge in [-0.25, -0.2) is 9.59 Å². The number of anilines is 1. The minimum atomic E-state index is -0.922. The molecule has 0 aliphatic heterocycles. The van der Waals surface area contributed by atoms with Crippen molar-refractivity contribution < 1.29 is 14.3 Å². The lowest BCUT2D eigenvalue weighted by molar-refractivity contribution is 0.0476. The number of rotatable bonds is 4. The van der Waals surface area contributed by atoms with Gasteiger partial charge < -0.3 is 15.5 Å². The van der Waals surface area contributed by atoms with Crippen molar-refractivity contribution in [1.82, 2.24) is 14.5 Å². The fourth-order valence-corrected chi connectivity index (χ4v) is 2.43. The molecule has 2 heterocycles. The first-order chi connectivity index (χ1) is 11.9. The highest BCUT2D eigenvalue weighted by molar-refractivity contribution is 6.06. The molecule has 3 aromatic rings. The second-order valence-corrected chi connectivity index (χ2v) is 5.33. The van der Waals surface area contributed by atoms with Gasteiger partial charge in [-0.1, -0.05) is 18.2 Å². The highest BCUT2D eigenvalue weighted by atomic mass is 16.5. The molecule has 4 N–H and O–H groups in total. The van der Waals surface area contributed by atoms with Crippen LogP contribution in [-0.2, 0) is 11.8 Å². The van der Waals surface area contributed by atoms with E-state index in [2.05, 4.69) is 4.98 Å². The first kappa shape index (κ1) is 16.2. The summed E-state index contributed by atoms with van der Waals surface area (Å²) in [6, 6.07) is 7.11. The Bertz CT molecular complexity index is 1110. The molecule has 1 aromatic carbocycles. The number of esters is 1. The summed E-state index contributed by atoms with van der Waals surface area (Å²) in [6.07, 6.45) is 1.48. The van der Waals surface area contributed by atoms with Crippen LogP contribution in [0.25, 0.3) is 10.9 Å². The third kappa shape index (κ3) is 2.82. The molecule has 0 fully saturated rings. The molecule has 0 aliphatic rings. The third-order valence-electron chi connectivity index (χ3n) is 3.79. The van der Waals surface area contributed by atoms with Gasteiger partial charge >= 0.3 is 11.7 Å². The zero-order valence-electron chi connectivity index (χ0n) is 13.2. The van der Waals surface area contributed by atoms with E-state index in [9.17, 15) is 19.2 Å². The van der Waals surface area contributed by atoms with Crippen molar-refractivity contribution in [3.63, 3.8) is 0 Å². The summed E-state index contributed by atoms with van der Waals surface area (Å²) in [7, 11) is 1.31. The number of aromatic nitrogens is 3. The quantitative estimate of drug-likeness (QED) is 0.456. The number of nitrogen functional groups attached to an aromatic ring is 1. The largest absolute Gasteiger partial charge is 0.454 e. The van der Waals surface area contributed by atoms with E-state index >= 15 is 0 Å². The average Bonchev–Trinajstić information content (AvgIpc) is 3.02. The molecule has 0 saturated heterocycles. The number of Topliss-reactive ketones (excluding diaryl/α,β-unsaturated/α-hetero) is 1. The van der Waals surface area contributed by atoms with Crippen LogP contribution in [0.15, 0.2) is 40.1 Å². The number of ketones is 1. The van der Waals surface area contributed by atoms with Crippen LogP contribution in [0.1, 0.15) is 20.7 Å². The molecule has 0 atom stereocenters. The molecule has 0 amide bonds. The SMILES string of the molecule is Cn1c(N)c(C(=O)COC(=O)c2c[nH]c3ccccc23)c(=O)[nH]c1=O. The third-order valence-corrected chi connectivity index (χ3v) is 3.79. The summed E-state index contributed by atoms with van der Waals surface area (Å²) in [5, 5.41) is 0.652. The number of aromatic amines is 2. The standard InChI is InChI=1S/C16H14N4O5/c1-20-13(17)12(14(22)19-16(20)24)11(21)7-25-15(23)9-6-18-10-5-3-2-4-8(9)10/h2-6,18H,7,17H2,1H3,(H,19,22,24). The first-order valence-electron chi connectivity index (χ1n) is 7.25. The molecule has 9 nitrogen and oxygen atoms in total. The minimum absolute atomic E-state index is 0.269. The second-order valence-electron chi connectivity index (χ2n) is 5.33. The number of nitrogens with one attached hydrogen (secondary N) is 2. The zero-order chi connectivity index (χ0) is 18.1. The molecular weight excluding hydrogens is 328 g/mol. The van der Waals surface area contributed by atoms with Crippen LogP contribution in [0, 0.1) is 0 Å². The molecule has 9 heteroatoms. The van der Waals surface area contributed by atoms with Crippen molar-refractivity contribution in [3.8, 4) is 0 Å². The number of para-hydroxylation sites is 1. The van der Waals surface area contributed by atoms with E-state index in [1.54, 1.807) is 18.2 Å². The predicted octanol–water partition coefficient (Wildman–Crippen LogP) is 0.177. The van der Waals surface area contributed by atoms with Gasteiger partial charge in [-0.15, -0.1) is 0 Å². The molecule has 25 heavy (non-hydrogen) atoms. The lowest BCUT2D eigenvalue weighted by atomic mass is 10.2. The average molecular weight is 342 g/mol. The molecule has 0 spiro atoms. The van der Waals surface area contributed by atoms with Crippen LogP contribution in [0.3, 0.4) is 0 Å². The molecular formula is C16H14N4O5. The number of ether oxygens (including phenoxy) is 1. The number of fused-ring (bicyclic) bond motifs is 1. The highest BCUT2D eigenvalue weighted by Gasteiger charge is 2.21. The van der Waals surface area contributed by atoms with Crippen LogP contribution in [0.5, 0.6) is 0 Å². The predicted molar refractivity (Wildman–Crippen MR) is 89.6 cm³/mol. The van der Waals surface area contributed by atoms with Crippen molar-refractivity contribution in [2.24, 2.45) is 7.05 Å². The van der Waals surface area contributed by atoms with E-state index in [4.69, 9.17) is 10.5 Å². The van der Waals surface area contributed by atoms with E-state index in [1.807, 2.05) is 11.1 Å². The number of hydrogen-bond acceptors (Lipinski definition) is 6. The molecule has 2 aromatic heterocycles. The normalized spacial score (nSPS) is 10.8. The van der Waals surface area contributed by atoms with E-state index in [0.29, 0.717) is 5.39 Å². The Labute approximate surface area is 140 Å². The van der Waals surface area contributed by atoms with Crippen molar-refractivity contribution in [3.05, 3.63) is 62.4 Å². The zero-order valence-corrected chi connectivity index (χ0v) is 13.2. The van der Waals surface area contributed by atoms with Gasteiger partial charge in [-0.2, -0.15) is 0 Å². The van der Waals surface area contributed by atoms with Crippen LogP contribution in [0.4, 0.5) is 5.82 Å². The van der Waals surface area contributed by atoms with Crippen LogP contribution in [0.2, 0.25) is 0 Å². The number of benzene rings is 1. The number of nitrogens with zero attached hydrogens (tertiary/aromatic N) is 1. The van der Waals surface area contributed by atoms with Gasteiger partial charge in [-0.3, -0.25) is 19.1 Å². The van der Waals surface area contributed by atoms with Gasteiger partial charge in [0.1, 0.15) is 11.4 Å². The molecule has 0 bridgehead atoms. The number of H-pyrrole nitrogens is 2. The fourth-order valence-electron chi connectivity index (χ4n) is 2.43. The van der Waals surface area contributed by atoms with Gasteiger partial charge in [-0.05, 0) is 6.07 Å². The summed E-state index contributed by atoms with van der Waals surface area (Å²) in [4.78, 5) is 52.5. The molecule has 3 rings (SSSR count). The van der Waals surface area contributed by atoms with Crippen molar-refractivity contribution in [2.45, 2.75) is 0 Å². The Morgan fingerprint density at radius 1 is 1.24 bits per heavy atom. The monoisotopic (exact) mass is 342 g/mol. The van der Waals surface area contributed by atoms with Crippen LogP contribution >= 0.6 is 0 Å². The molecule has 0 aliphatic carbocycles. The minimum Gasteiger partial charge on any atom is -0.454 e. The Balaban J connectivity index is 1.81. The highest BCUT2D eigenvalue weighted by Crippen LogP contribution is 2.18. The van der Waals surface area contributed by atoms with Crippen LogP contribution in [-0.4, -0.2) is 32.9 Å². The van der Waals surface area contributed by atoms with Gasteiger partial charge in [0.25, 0.3) is 5.56 Å². The molecule has 0 radical (unpaired) electrons. The van der Waals surface area contributed by atoms with E-state index in [1.165, 1.54) is 13.2 Å². The Morgan fingerprint density at radius 2 is 1.96 bits per heavy atom. The second kappa shape index (κ2) is 6.11. The van der Waals surface area contributed by atoms with Crippen molar-refractivity contribution >= 4 is 28.5 Å². The Morgan fingerprint density at radius 3 is 2.72 bits per heavy atom. The van der Waals surface area contributed by atoms with Gasteiger partial charge in [0, 0.05) is 24.1 Å². The first-order valence-corrected chi connectivity index (χ1v) is 7.25. The van der Waals surface area contributed by atoms with Gasteiger partial charge in [0.15, 0.2) is 6.61 Å². The summed E-state index contributed by atoms with van der Waals surface area (Å²) in [5.41, 5.74) is 4.57. The van der Waals surface area contributed by atoms with Crippen molar-refractivity contribution in [2.75, 3.05) is 12.3 Å². The number of nitrogens with two attached hydrogens (primary N) is 1. The fraction of sp³-hybridized carbons (Fsp3) is 0.125. The molecule has 0 unspecified atom stereocenters. The van der Waals surface area contributed by atoms with E-state index in [0.717, 1.165) is 10.1 Å². The topological polar surface area (TPSA) is 140 Å². The summed E-state index contributed by atoms with van der Waals surface area (Å²) in [6.45, 7) is -0.677.